The van der Waals surface area contributed by atoms with Crippen molar-refractivity contribution in [1.29, 1.82) is 0 Å². The summed E-state index contributed by atoms with van der Waals surface area (Å²) in [6, 6.07) is 5.16. The average Bonchev–Trinajstić information content (AvgIpc) is 2.27. The summed E-state index contributed by atoms with van der Waals surface area (Å²) in [4.78, 5) is 0. The zero-order valence-corrected chi connectivity index (χ0v) is 9.99. The van der Waals surface area contributed by atoms with Crippen molar-refractivity contribution >= 4 is 5.69 Å². The zero-order chi connectivity index (χ0) is 12.2. The molecule has 0 saturated carbocycles. The molecular formula is C12H19NO3. The van der Waals surface area contributed by atoms with Crippen LogP contribution in [0.3, 0.4) is 0 Å². The van der Waals surface area contributed by atoms with Crippen molar-refractivity contribution in [2.45, 2.75) is 25.9 Å². The number of anilines is 1. The van der Waals surface area contributed by atoms with Crippen molar-refractivity contribution < 1.29 is 14.6 Å². The van der Waals surface area contributed by atoms with Gasteiger partial charge < -0.3 is 20.3 Å². The number of nitrogen functional groups attached to an aromatic ring is 1. The quantitative estimate of drug-likeness (QED) is 0.750. The van der Waals surface area contributed by atoms with Crippen LogP contribution in [0.1, 0.15) is 20.3 Å². The Hall–Kier alpha value is -1.42. The molecule has 0 bridgehead atoms. The Kier molecular flexibility index (Phi) is 4.01. The number of benzene rings is 1. The summed E-state index contributed by atoms with van der Waals surface area (Å²) in [6.45, 7) is 3.87. The Morgan fingerprint density at radius 1 is 1.38 bits per heavy atom. The number of nitrogens with two attached hydrogens (primary N) is 1. The lowest BCUT2D eigenvalue weighted by Crippen LogP contribution is -2.31. The smallest absolute Gasteiger partial charge is 0.162 e. The molecule has 0 aliphatic rings. The minimum atomic E-state index is -0.827. The molecule has 0 radical (unpaired) electrons. The topological polar surface area (TPSA) is 64.7 Å². The summed E-state index contributed by atoms with van der Waals surface area (Å²) < 4.78 is 10.6. The van der Waals surface area contributed by atoms with Gasteiger partial charge >= 0.3 is 0 Å². The van der Waals surface area contributed by atoms with E-state index in [0.29, 0.717) is 23.6 Å². The highest BCUT2D eigenvalue weighted by molar-refractivity contribution is 5.51. The lowest BCUT2D eigenvalue weighted by atomic mass is 10.1. The van der Waals surface area contributed by atoms with Crippen LogP contribution in [-0.2, 0) is 0 Å². The molecule has 1 unspecified atom stereocenters. The molecular weight excluding hydrogens is 206 g/mol. The first-order valence-corrected chi connectivity index (χ1v) is 5.27. The predicted octanol–water partition coefficient (Wildman–Crippen LogP) is 1.82. The fourth-order valence-corrected chi connectivity index (χ4v) is 1.14. The lowest BCUT2D eigenvalue weighted by Gasteiger charge is -2.22. The fraction of sp³-hybridized carbons (Fsp3) is 0.500. The van der Waals surface area contributed by atoms with Gasteiger partial charge in [-0.15, -0.1) is 0 Å². The third-order valence-electron chi connectivity index (χ3n) is 2.49. The van der Waals surface area contributed by atoms with Gasteiger partial charge in [-0.25, -0.2) is 0 Å². The van der Waals surface area contributed by atoms with Crippen LogP contribution in [0, 0.1) is 0 Å². The number of rotatable bonds is 5. The van der Waals surface area contributed by atoms with Crippen LogP contribution < -0.4 is 15.2 Å². The molecule has 1 aromatic rings. The van der Waals surface area contributed by atoms with E-state index < -0.39 is 5.60 Å². The van der Waals surface area contributed by atoms with E-state index in [0.717, 1.165) is 0 Å². The van der Waals surface area contributed by atoms with Gasteiger partial charge in [0.25, 0.3) is 0 Å². The molecule has 3 N–H and O–H groups in total. The minimum Gasteiger partial charge on any atom is -0.493 e. The van der Waals surface area contributed by atoms with Crippen LogP contribution in [-0.4, -0.2) is 24.4 Å². The average molecular weight is 225 g/mol. The highest BCUT2D eigenvalue weighted by Crippen LogP contribution is 2.29. The summed E-state index contributed by atoms with van der Waals surface area (Å²) in [6.07, 6.45) is 0.629. The number of methoxy groups -OCH3 is 1. The molecule has 90 valence electrons. The van der Waals surface area contributed by atoms with Crippen LogP contribution in [0.2, 0.25) is 0 Å². The van der Waals surface area contributed by atoms with Crippen LogP contribution in [0.15, 0.2) is 18.2 Å². The Morgan fingerprint density at radius 3 is 2.62 bits per heavy atom. The van der Waals surface area contributed by atoms with Gasteiger partial charge in [-0.2, -0.15) is 0 Å². The van der Waals surface area contributed by atoms with Gasteiger partial charge in [0.2, 0.25) is 0 Å². The van der Waals surface area contributed by atoms with Crippen LogP contribution in [0.5, 0.6) is 11.5 Å². The van der Waals surface area contributed by atoms with E-state index in [4.69, 9.17) is 15.2 Å². The number of hydrogen-bond donors (Lipinski definition) is 2. The first-order chi connectivity index (χ1) is 7.48. The Balaban J connectivity index is 2.74. The third-order valence-corrected chi connectivity index (χ3v) is 2.49. The van der Waals surface area contributed by atoms with E-state index in [1.54, 1.807) is 32.2 Å². The number of hydrogen-bond acceptors (Lipinski definition) is 4. The third kappa shape index (κ3) is 3.31. The van der Waals surface area contributed by atoms with Gasteiger partial charge in [0, 0.05) is 11.8 Å². The summed E-state index contributed by atoms with van der Waals surface area (Å²) in [5.41, 5.74) is 5.42. The lowest BCUT2D eigenvalue weighted by molar-refractivity contribution is 0.00776. The minimum absolute atomic E-state index is 0.226. The number of ether oxygens (including phenoxy) is 2. The van der Waals surface area contributed by atoms with Crippen LogP contribution in [0.25, 0.3) is 0 Å². The molecule has 0 saturated heterocycles. The molecule has 0 aromatic heterocycles. The second-order valence-corrected chi connectivity index (χ2v) is 4.05. The molecule has 1 rings (SSSR count). The van der Waals surface area contributed by atoms with E-state index in [2.05, 4.69) is 0 Å². The Bertz CT molecular complexity index is 350. The van der Waals surface area contributed by atoms with Gasteiger partial charge in [-0.1, -0.05) is 6.92 Å². The van der Waals surface area contributed by atoms with Gasteiger partial charge in [0.15, 0.2) is 11.5 Å². The van der Waals surface area contributed by atoms with Gasteiger partial charge in [-0.05, 0) is 25.5 Å². The Labute approximate surface area is 96.0 Å². The molecule has 4 nitrogen and oxygen atoms in total. The van der Waals surface area contributed by atoms with Crippen molar-refractivity contribution in [2.24, 2.45) is 0 Å². The van der Waals surface area contributed by atoms with Crippen LogP contribution in [0.4, 0.5) is 5.69 Å². The maximum Gasteiger partial charge on any atom is 0.162 e. The summed E-state index contributed by atoms with van der Waals surface area (Å²) >= 11 is 0. The first kappa shape index (κ1) is 12.6. The van der Waals surface area contributed by atoms with E-state index >= 15 is 0 Å². The molecule has 0 aliphatic carbocycles. The normalized spacial score (nSPS) is 14.2. The first-order valence-electron chi connectivity index (χ1n) is 5.27. The SMILES string of the molecule is CCC(C)(O)COc1ccc(N)cc1OC. The van der Waals surface area contributed by atoms with Crippen molar-refractivity contribution in [3.05, 3.63) is 18.2 Å². The summed E-state index contributed by atoms with van der Waals surface area (Å²) in [7, 11) is 1.56. The van der Waals surface area contributed by atoms with Crippen LogP contribution >= 0.6 is 0 Å². The van der Waals surface area contributed by atoms with Gasteiger partial charge in [0.1, 0.15) is 6.61 Å². The monoisotopic (exact) mass is 225 g/mol. The van der Waals surface area contributed by atoms with Crippen molar-refractivity contribution in [1.82, 2.24) is 0 Å². The highest BCUT2D eigenvalue weighted by Gasteiger charge is 2.19. The zero-order valence-electron chi connectivity index (χ0n) is 9.99. The second kappa shape index (κ2) is 5.07. The molecule has 0 amide bonds. The van der Waals surface area contributed by atoms with Crippen molar-refractivity contribution in [3.63, 3.8) is 0 Å². The van der Waals surface area contributed by atoms with E-state index in [9.17, 15) is 5.11 Å². The molecule has 1 aromatic carbocycles. The number of aliphatic hydroxyl groups is 1. The molecule has 16 heavy (non-hydrogen) atoms. The molecule has 0 fully saturated rings. The van der Waals surface area contributed by atoms with Gasteiger partial charge in [0.05, 0.1) is 12.7 Å². The van der Waals surface area contributed by atoms with Gasteiger partial charge in [-0.3, -0.25) is 0 Å². The van der Waals surface area contributed by atoms with E-state index in [1.165, 1.54) is 0 Å². The fourth-order valence-electron chi connectivity index (χ4n) is 1.14. The summed E-state index contributed by atoms with van der Waals surface area (Å²) in [5, 5.41) is 9.81. The maximum absolute atomic E-state index is 9.81. The second-order valence-electron chi connectivity index (χ2n) is 4.05. The largest absolute Gasteiger partial charge is 0.493 e. The molecule has 1 atom stereocenters. The molecule has 0 heterocycles. The molecule has 0 aliphatic heterocycles. The van der Waals surface area contributed by atoms with E-state index in [1.807, 2.05) is 6.92 Å². The highest BCUT2D eigenvalue weighted by atomic mass is 16.5. The summed E-state index contributed by atoms with van der Waals surface area (Å²) in [5.74, 6) is 1.16. The maximum atomic E-state index is 9.81. The van der Waals surface area contributed by atoms with Crippen molar-refractivity contribution in [2.75, 3.05) is 19.5 Å². The predicted molar refractivity (Wildman–Crippen MR) is 63.8 cm³/mol. The van der Waals surface area contributed by atoms with Crippen molar-refractivity contribution in [3.8, 4) is 11.5 Å². The Morgan fingerprint density at radius 2 is 2.06 bits per heavy atom. The van der Waals surface area contributed by atoms with E-state index in [-0.39, 0.29) is 6.61 Å². The standard InChI is InChI=1S/C12H19NO3/c1-4-12(2,14)8-16-10-6-5-9(13)7-11(10)15-3/h5-7,14H,4,8,13H2,1-3H3. The molecule has 4 heteroatoms. The molecule has 0 spiro atoms.